The van der Waals surface area contributed by atoms with Crippen LogP contribution in [0.3, 0.4) is 0 Å². The van der Waals surface area contributed by atoms with Crippen molar-refractivity contribution in [3.05, 3.63) is 36.2 Å². The summed E-state index contributed by atoms with van der Waals surface area (Å²) in [5, 5.41) is 20.1. The van der Waals surface area contributed by atoms with Crippen molar-refractivity contribution in [2.75, 3.05) is 20.3 Å². The molecule has 0 aromatic carbocycles. The summed E-state index contributed by atoms with van der Waals surface area (Å²) in [6.07, 6.45) is 3.61. The van der Waals surface area contributed by atoms with Crippen LogP contribution in [0.25, 0.3) is 0 Å². The average molecular weight is 291 g/mol. The Balaban J connectivity index is 1.86. The number of hydrogen-bond acceptors (Lipinski definition) is 6. The fourth-order valence-corrected chi connectivity index (χ4v) is 1.79. The summed E-state index contributed by atoms with van der Waals surface area (Å²) in [5.74, 6) is 0.201. The lowest BCUT2D eigenvalue weighted by molar-refractivity contribution is 0.0946. The summed E-state index contributed by atoms with van der Waals surface area (Å²) in [6.45, 7) is 1.60. The second kappa shape index (κ2) is 7.34. The van der Waals surface area contributed by atoms with Crippen molar-refractivity contribution in [3.8, 4) is 5.75 Å². The molecule has 0 atom stereocenters. The molecule has 0 aliphatic rings. The number of rotatable bonds is 7. The van der Waals surface area contributed by atoms with Crippen LogP contribution in [0.4, 0.5) is 0 Å². The van der Waals surface area contributed by atoms with E-state index in [0.29, 0.717) is 26.1 Å². The van der Waals surface area contributed by atoms with Gasteiger partial charge in [0.2, 0.25) is 0 Å². The lowest BCUT2D eigenvalue weighted by Crippen LogP contribution is -2.27. The van der Waals surface area contributed by atoms with Crippen molar-refractivity contribution in [2.45, 2.75) is 13.0 Å². The summed E-state index contributed by atoms with van der Waals surface area (Å²) in [6, 6.07) is 2.98. The van der Waals surface area contributed by atoms with Gasteiger partial charge in [0, 0.05) is 32.8 Å². The zero-order chi connectivity index (χ0) is 15.1. The molecule has 2 aromatic heterocycles. The monoisotopic (exact) mass is 291 g/mol. The molecule has 0 fully saturated rings. The van der Waals surface area contributed by atoms with Gasteiger partial charge in [-0.2, -0.15) is 0 Å². The van der Waals surface area contributed by atoms with Crippen molar-refractivity contribution in [2.24, 2.45) is 0 Å². The molecule has 8 heteroatoms. The van der Waals surface area contributed by atoms with E-state index in [0.717, 1.165) is 5.82 Å². The molecule has 21 heavy (non-hydrogen) atoms. The van der Waals surface area contributed by atoms with Gasteiger partial charge in [-0.15, -0.1) is 10.2 Å². The first kappa shape index (κ1) is 14.9. The van der Waals surface area contributed by atoms with E-state index >= 15 is 0 Å². The zero-order valence-corrected chi connectivity index (χ0v) is 11.7. The highest BCUT2D eigenvalue weighted by atomic mass is 16.5. The van der Waals surface area contributed by atoms with E-state index in [9.17, 15) is 9.90 Å². The fraction of sp³-hybridized carbons (Fsp3) is 0.385. The summed E-state index contributed by atoms with van der Waals surface area (Å²) in [7, 11) is 1.63. The maximum atomic E-state index is 11.9. The standard InChI is InChI=1S/C13H17N5O3/c1-21-8-7-18-9-16-17-11(18)4-6-15-13(20)12-10(19)3-2-5-14-12/h2-3,5,9,19H,4,6-8H2,1H3,(H,15,20). The fourth-order valence-electron chi connectivity index (χ4n) is 1.79. The van der Waals surface area contributed by atoms with Gasteiger partial charge >= 0.3 is 0 Å². The number of methoxy groups -OCH3 is 1. The molecule has 0 spiro atoms. The molecule has 0 saturated heterocycles. The normalized spacial score (nSPS) is 10.5. The van der Waals surface area contributed by atoms with Crippen LogP contribution in [0.15, 0.2) is 24.7 Å². The van der Waals surface area contributed by atoms with Gasteiger partial charge in [0.1, 0.15) is 17.9 Å². The van der Waals surface area contributed by atoms with Crippen LogP contribution in [-0.4, -0.2) is 51.0 Å². The van der Waals surface area contributed by atoms with Crippen LogP contribution in [0, 0.1) is 0 Å². The minimum atomic E-state index is -0.420. The highest BCUT2D eigenvalue weighted by Gasteiger charge is 2.12. The second-order valence-corrected chi connectivity index (χ2v) is 4.31. The van der Waals surface area contributed by atoms with Gasteiger partial charge < -0.3 is 19.7 Å². The van der Waals surface area contributed by atoms with Crippen molar-refractivity contribution in [1.82, 2.24) is 25.1 Å². The summed E-state index contributed by atoms with van der Waals surface area (Å²) in [5.41, 5.74) is 0.0124. The molecule has 8 nitrogen and oxygen atoms in total. The van der Waals surface area contributed by atoms with Gasteiger partial charge in [0.25, 0.3) is 5.91 Å². The zero-order valence-electron chi connectivity index (χ0n) is 11.7. The third kappa shape index (κ3) is 3.99. The average Bonchev–Trinajstić information content (AvgIpc) is 2.93. The third-order valence-electron chi connectivity index (χ3n) is 2.87. The minimum absolute atomic E-state index is 0.0124. The van der Waals surface area contributed by atoms with Crippen molar-refractivity contribution in [3.63, 3.8) is 0 Å². The number of carbonyl (C=O) groups excluding carboxylic acids is 1. The Morgan fingerprint density at radius 1 is 1.52 bits per heavy atom. The number of aromatic hydroxyl groups is 1. The van der Waals surface area contributed by atoms with E-state index in [1.165, 1.54) is 12.3 Å². The number of aromatic nitrogens is 4. The predicted octanol–water partition coefficient (Wildman–Crippen LogP) is -0.00240. The number of amides is 1. The van der Waals surface area contributed by atoms with Gasteiger partial charge in [-0.25, -0.2) is 4.98 Å². The molecule has 2 rings (SSSR count). The Kier molecular flexibility index (Phi) is 5.22. The molecule has 0 aliphatic heterocycles. The van der Waals surface area contributed by atoms with Crippen molar-refractivity contribution < 1.29 is 14.6 Å². The molecule has 2 aromatic rings. The number of ether oxygens (including phenoxy) is 1. The lowest BCUT2D eigenvalue weighted by atomic mass is 10.3. The van der Waals surface area contributed by atoms with Gasteiger partial charge in [-0.3, -0.25) is 4.79 Å². The van der Waals surface area contributed by atoms with E-state index in [1.54, 1.807) is 19.5 Å². The van der Waals surface area contributed by atoms with Gasteiger partial charge in [0.05, 0.1) is 6.61 Å². The van der Waals surface area contributed by atoms with Crippen LogP contribution < -0.4 is 5.32 Å². The number of nitrogens with one attached hydrogen (secondary N) is 1. The smallest absolute Gasteiger partial charge is 0.273 e. The molecule has 0 saturated carbocycles. The summed E-state index contributed by atoms with van der Waals surface area (Å²) >= 11 is 0. The van der Waals surface area contributed by atoms with Gasteiger partial charge in [-0.05, 0) is 12.1 Å². The Labute approximate surface area is 121 Å². The Morgan fingerprint density at radius 2 is 2.38 bits per heavy atom. The lowest BCUT2D eigenvalue weighted by Gasteiger charge is -2.07. The Bertz CT molecular complexity index is 599. The molecule has 2 heterocycles. The van der Waals surface area contributed by atoms with E-state index in [-0.39, 0.29) is 11.4 Å². The molecule has 112 valence electrons. The first-order valence-corrected chi connectivity index (χ1v) is 6.50. The molecular formula is C13H17N5O3. The maximum Gasteiger partial charge on any atom is 0.273 e. The molecular weight excluding hydrogens is 274 g/mol. The quantitative estimate of drug-likeness (QED) is 0.744. The Hall–Kier alpha value is -2.48. The first-order chi connectivity index (χ1) is 10.2. The third-order valence-corrected chi connectivity index (χ3v) is 2.87. The van der Waals surface area contributed by atoms with Gasteiger partial charge in [-0.1, -0.05) is 0 Å². The van der Waals surface area contributed by atoms with Crippen LogP contribution in [-0.2, 0) is 17.7 Å². The van der Waals surface area contributed by atoms with Crippen LogP contribution in [0.5, 0.6) is 5.75 Å². The second-order valence-electron chi connectivity index (χ2n) is 4.31. The van der Waals surface area contributed by atoms with E-state index in [4.69, 9.17) is 4.74 Å². The van der Waals surface area contributed by atoms with E-state index in [2.05, 4.69) is 20.5 Å². The highest BCUT2D eigenvalue weighted by molar-refractivity contribution is 5.94. The Morgan fingerprint density at radius 3 is 3.14 bits per heavy atom. The highest BCUT2D eigenvalue weighted by Crippen LogP contribution is 2.11. The van der Waals surface area contributed by atoms with Crippen LogP contribution in [0.2, 0.25) is 0 Å². The largest absolute Gasteiger partial charge is 0.505 e. The van der Waals surface area contributed by atoms with Crippen molar-refractivity contribution in [1.29, 1.82) is 0 Å². The van der Waals surface area contributed by atoms with Crippen molar-refractivity contribution >= 4 is 5.91 Å². The first-order valence-electron chi connectivity index (χ1n) is 6.50. The summed E-state index contributed by atoms with van der Waals surface area (Å²) in [4.78, 5) is 15.7. The maximum absolute atomic E-state index is 11.9. The number of pyridine rings is 1. The van der Waals surface area contributed by atoms with E-state index in [1.807, 2.05) is 4.57 Å². The SMILES string of the molecule is COCCn1cnnc1CCNC(=O)c1ncccc1O. The predicted molar refractivity (Wildman–Crippen MR) is 73.8 cm³/mol. The molecule has 0 aliphatic carbocycles. The number of nitrogens with zero attached hydrogens (tertiary/aromatic N) is 4. The summed E-state index contributed by atoms with van der Waals surface area (Å²) < 4.78 is 6.87. The topological polar surface area (TPSA) is 102 Å². The minimum Gasteiger partial charge on any atom is -0.505 e. The molecule has 0 radical (unpaired) electrons. The molecule has 0 unspecified atom stereocenters. The molecule has 1 amide bonds. The van der Waals surface area contributed by atoms with Crippen LogP contribution >= 0.6 is 0 Å². The number of carbonyl (C=O) groups is 1. The van der Waals surface area contributed by atoms with Crippen LogP contribution in [0.1, 0.15) is 16.3 Å². The van der Waals surface area contributed by atoms with Gasteiger partial charge in [0.15, 0.2) is 5.69 Å². The molecule has 0 bridgehead atoms. The van der Waals surface area contributed by atoms with E-state index < -0.39 is 5.91 Å². The number of hydrogen-bond donors (Lipinski definition) is 2. The molecule has 2 N–H and O–H groups in total.